The molecular formula is C23H25N3O4S2. The van der Waals surface area contributed by atoms with Crippen LogP contribution >= 0.6 is 23.1 Å². The zero-order chi connectivity index (χ0) is 22.6. The van der Waals surface area contributed by atoms with Gasteiger partial charge in [0.25, 0.3) is 5.91 Å². The Hall–Kier alpha value is -2.91. The first kappa shape index (κ1) is 23.7. The number of nitrogens with one attached hydrogen (secondary N) is 1. The zero-order valence-electron chi connectivity index (χ0n) is 17.8. The smallest absolute Gasteiger partial charge is 0.316 e. The Labute approximate surface area is 195 Å². The first-order valence-corrected chi connectivity index (χ1v) is 12.1. The summed E-state index contributed by atoms with van der Waals surface area (Å²) in [7, 11) is 0. The molecule has 3 aromatic rings. The molecule has 0 spiro atoms. The molecule has 2 aromatic carbocycles. The number of carbonyl (C=O) groups is 2. The van der Waals surface area contributed by atoms with Crippen molar-refractivity contribution in [1.82, 2.24) is 10.2 Å². The fraction of sp³-hybridized carbons (Fsp3) is 0.304. The van der Waals surface area contributed by atoms with Crippen molar-refractivity contribution in [2.24, 2.45) is 0 Å². The number of thioether (sulfide) groups is 1. The van der Waals surface area contributed by atoms with E-state index in [1.165, 1.54) is 28.7 Å². The molecule has 0 aliphatic heterocycles. The molecule has 0 fully saturated rings. The normalized spacial score (nSPS) is 10.5. The van der Waals surface area contributed by atoms with Gasteiger partial charge in [0.2, 0.25) is 5.13 Å². The number of hydrogen-bond acceptors (Lipinski definition) is 8. The Morgan fingerprint density at radius 1 is 1.06 bits per heavy atom. The van der Waals surface area contributed by atoms with Gasteiger partial charge in [0.1, 0.15) is 5.75 Å². The van der Waals surface area contributed by atoms with E-state index in [1.54, 1.807) is 25.1 Å². The molecule has 0 atom stereocenters. The van der Waals surface area contributed by atoms with Gasteiger partial charge in [-0.05, 0) is 49.9 Å². The lowest BCUT2D eigenvalue weighted by molar-refractivity contribution is -0.139. The van der Waals surface area contributed by atoms with E-state index in [-0.39, 0.29) is 17.6 Å². The molecule has 0 saturated heterocycles. The Morgan fingerprint density at radius 2 is 1.91 bits per heavy atom. The second-order valence-electron chi connectivity index (χ2n) is 6.74. The maximum Gasteiger partial charge on any atom is 0.316 e. The van der Waals surface area contributed by atoms with Gasteiger partial charge in [0.05, 0.1) is 19.0 Å². The summed E-state index contributed by atoms with van der Waals surface area (Å²) >= 11 is 2.43. The number of aryl methyl sites for hydroxylation is 1. The Kier molecular flexibility index (Phi) is 9.52. The van der Waals surface area contributed by atoms with E-state index in [0.29, 0.717) is 34.0 Å². The molecule has 1 amide bonds. The molecule has 1 aromatic heterocycles. The van der Waals surface area contributed by atoms with Crippen molar-refractivity contribution in [2.45, 2.75) is 30.5 Å². The van der Waals surface area contributed by atoms with E-state index < -0.39 is 0 Å². The molecule has 32 heavy (non-hydrogen) atoms. The predicted octanol–water partition coefficient (Wildman–Crippen LogP) is 4.85. The molecule has 0 unspecified atom stereocenters. The van der Waals surface area contributed by atoms with Crippen molar-refractivity contribution in [3.05, 3.63) is 65.7 Å². The summed E-state index contributed by atoms with van der Waals surface area (Å²) in [6.07, 6.45) is 2.99. The average molecular weight is 472 g/mol. The van der Waals surface area contributed by atoms with Crippen molar-refractivity contribution < 1.29 is 19.1 Å². The molecular weight excluding hydrogens is 446 g/mol. The topological polar surface area (TPSA) is 90.4 Å². The van der Waals surface area contributed by atoms with Gasteiger partial charge in [-0.2, -0.15) is 0 Å². The van der Waals surface area contributed by atoms with Crippen molar-refractivity contribution in [3.8, 4) is 5.75 Å². The van der Waals surface area contributed by atoms with E-state index in [9.17, 15) is 9.59 Å². The number of benzene rings is 2. The largest absolute Gasteiger partial charge is 0.494 e. The van der Waals surface area contributed by atoms with Crippen LogP contribution < -0.4 is 10.1 Å². The highest BCUT2D eigenvalue weighted by Gasteiger charge is 2.13. The van der Waals surface area contributed by atoms with Crippen molar-refractivity contribution in [3.63, 3.8) is 0 Å². The molecule has 168 valence electrons. The Morgan fingerprint density at radius 3 is 2.72 bits per heavy atom. The van der Waals surface area contributed by atoms with Gasteiger partial charge in [0, 0.05) is 5.56 Å². The fourth-order valence-electron chi connectivity index (χ4n) is 2.80. The second-order valence-corrected chi connectivity index (χ2v) is 8.94. The maximum absolute atomic E-state index is 12.6. The average Bonchev–Trinajstić information content (AvgIpc) is 3.26. The summed E-state index contributed by atoms with van der Waals surface area (Å²) in [5, 5.41) is 11.0. The number of ether oxygens (including phenoxy) is 2. The summed E-state index contributed by atoms with van der Waals surface area (Å²) in [5.41, 5.74) is 1.80. The summed E-state index contributed by atoms with van der Waals surface area (Å²) in [4.78, 5) is 24.0. The van der Waals surface area contributed by atoms with Crippen LogP contribution in [0.25, 0.3) is 0 Å². The molecule has 1 N–H and O–H groups in total. The Bertz CT molecular complexity index is 1010. The van der Waals surface area contributed by atoms with Gasteiger partial charge in [0.15, 0.2) is 4.34 Å². The molecule has 0 bridgehead atoms. The van der Waals surface area contributed by atoms with Crippen LogP contribution in [0.15, 0.2) is 58.9 Å². The molecule has 0 radical (unpaired) electrons. The highest BCUT2D eigenvalue weighted by Crippen LogP contribution is 2.26. The van der Waals surface area contributed by atoms with Crippen LogP contribution in [0.1, 0.15) is 35.7 Å². The third-order valence-corrected chi connectivity index (χ3v) is 6.26. The SMILES string of the molecule is CCOC(=O)CSc1nnc(NC(=O)c2cccc(OCCCCc3ccccc3)c2)s1. The zero-order valence-corrected chi connectivity index (χ0v) is 19.4. The van der Waals surface area contributed by atoms with Crippen LogP contribution in [0.4, 0.5) is 5.13 Å². The summed E-state index contributed by atoms with van der Waals surface area (Å²) in [6, 6.07) is 17.4. The predicted molar refractivity (Wildman–Crippen MR) is 127 cm³/mol. The molecule has 3 rings (SSSR count). The van der Waals surface area contributed by atoms with Gasteiger partial charge < -0.3 is 9.47 Å². The second kappa shape index (κ2) is 12.8. The quantitative estimate of drug-likeness (QED) is 0.175. The van der Waals surface area contributed by atoms with Gasteiger partial charge in [-0.1, -0.05) is 59.5 Å². The molecule has 1 heterocycles. The van der Waals surface area contributed by atoms with Gasteiger partial charge in [-0.15, -0.1) is 10.2 Å². The van der Waals surface area contributed by atoms with Crippen LogP contribution in [0.3, 0.4) is 0 Å². The Balaban J connectivity index is 1.43. The first-order chi connectivity index (χ1) is 15.6. The molecule has 0 aliphatic carbocycles. The summed E-state index contributed by atoms with van der Waals surface area (Å²) in [5.74, 6) is 0.203. The standard InChI is InChI=1S/C23H25N3O4S2/c1-2-29-20(27)16-31-23-26-25-22(32-23)24-21(28)18-12-8-13-19(15-18)30-14-7-6-11-17-9-4-3-5-10-17/h3-5,8-10,12-13,15H,2,6-7,11,14,16H2,1H3,(H,24,25,28). The minimum atomic E-state index is -0.310. The van der Waals surface area contributed by atoms with Gasteiger partial charge in [-0.3, -0.25) is 14.9 Å². The van der Waals surface area contributed by atoms with Crippen LogP contribution in [-0.4, -0.2) is 41.0 Å². The molecule has 0 aliphatic rings. The van der Waals surface area contributed by atoms with Crippen molar-refractivity contribution in [1.29, 1.82) is 0 Å². The van der Waals surface area contributed by atoms with Gasteiger partial charge >= 0.3 is 5.97 Å². The van der Waals surface area contributed by atoms with Crippen molar-refractivity contribution >= 4 is 40.1 Å². The fourth-order valence-corrected chi connectivity index (χ4v) is 4.35. The van der Waals surface area contributed by atoms with E-state index >= 15 is 0 Å². The number of rotatable bonds is 12. The van der Waals surface area contributed by atoms with E-state index in [1.807, 2.05) is 24.3 Å². The number of aromatic nitrogens is 2. The van der Waals surface area contributed by atoms with Gasteiger partial charge in [-0.25, -0.2) is 0 Å². The van der Waals surface area contributed by atoms with Crippen molar-refractivity contribution in [2.75, 3.05) is 24.3 Å². The van der Waals surface area contributed by atoms with Crippen LogP contribution in [-0.2, 0) is 16.0 Å². The number of nitrogens with zero attached hydrogens (tertiary/aromatic N) is 2. The number of anilines is 1. The third kappa shape index (κ3) is 7.97. The number of hydrogen-bond donors (Lipinski definition) is 1. The lowest BCUT2D eigenvalue weighted by Gasteiger charge is -2.08. The van der Waals surface area contributed by atoms with E-state index in [4.69, 9.17) is 9.47 Å². The van der Waals surface area contributed by atoms with E-state index in [2.05, 4.69) is 27.6 Å². The highest BCUT2D eigenvalue weighted by molar-refractivity contribution is 8.01. The lowest BCUT2D eigenvalue weighted by Crippen LogP contribution is -2.12. The number of carbonyl (C=O) groups excluding carboxylic acids is 2. The number of esters is 1. The minimum absolute atomic E-state index is 0.154. The monoisotopic (exact) mass is 471 g/mol. The lowest BCUT2D eigenvalue weighted by atomic mass is 10.1. The van der Waals surface area contributed by atoms with E-state index in [0.717, 1.165) is 19.3 Å². The van der Waals surface area contributed by atoms with Crippen LogP contribution in [0, 0.1) is 0 Å². The molecule has 0 saturated carbocycles. The summed E-state index contributed by atoms with van der Waals surface area (Å²) < 4.78 is 11.3. The number of amides is 1. The third-order valence-electron chi connectivity index (χ3n) is 4.31. The molecule has 9 heteroatoms. The first-order valence-electron chi connectivity index (χ1n) is 10.3. The molecule has 7 nitrogen and oxygen atoms in total. The minimum Gasteiger partial charge on any atom is -0.494 e. The maximum atomic E-state index is 12.6. The van der Waals surface area contributed by atoms with Crippen LogP contribution in [0.2, 0.25) is 0 Å². The van der Waals surface area contributed by atoms with Crippen LogP contribution in [0.5, 0.6) is 5.75 Å². The summed E-state index contributed by atoms with van der Waals surface area (Å²) in [6.45, 7) is 2.69. The highest BCUT2D eigenvalue weighted by atomic mass is 32.2. The number of unbranched alkanes of at least 4 members (excludes halogenated alkanes) is 1.